The fraction of sp³-hybridized carbons (Fsp3) is 0.357. The second-order valence-corrected chi connectivity index (χ2v) is 6.13. The Balaban J connectivity index is 2.48. The number of hydrogen-bond donors (Lipinski definition) is 1. The SMILES string of the molecule is C=CCO[C@@H](C)C(=O)NS(=O)(=O)CCc1ccccc1. The van der Waals surface area contributed by atoms with Gasteiger partial charge in [0.1, 0.15) is 6.10 Å². The summed E-state index contributed by atoms with van der Waals surface area (Å²) in [6.45, 7) is 5.14. The van der Waals surface area contributed by atoms with E-state index in [2.05, 4.69) is 6.58 Å². The number of hydrogen-bond acceptors (Lipinski definition) is 4. The molecule has 0 fully saturated rings. The van der Waals surface area contributed by atoms with Crippen molar-refractivity contribution in [2.45, 2.75) is 19.4 Å². The van der Waals surface area contributed by atoms with E-state index in [1.165, 1.54) is 13.0 Å². The van der Waals surface area contributed by atoms with Gasteiger partial charge >= 0.3 is 0 Å². The van der Waals surface area contributed by atoms with Crippen molar-refractivity contribution in [2.75, 3.05) is 12.4 Å². The third-order valence-corrected chi connectivity index (χ3v) is 3.85. The zero-order valence-electron chi connectivity index (χ0n) is 11.4. The number of carbonyl (C=O) groups excluding carboxylic acids is 1. The van der Waals surface area contributed by atoms with Gasteiger partial charge in [0, 0.05) is 0 Å². The molecule has 1 aromatic rings. The van der Waals surface area contributed by atoms with E-state index in [0.717, 1.165) is 5.56 Å². The van der Waals surface area contributed by atoms with E-state index in [0.29, 0.717) is 6.42 Å². The van der Waals surface area contributed by atoms with Gasteiger partial charge in [0.2, 0.25) is 10.0 Å². The van der Waals surface area contributed by atoms with Gasteiger partial charge in [0.15, 0.2) is 0 Å². The van der Waals surface area contributed by atoms with E-state index in [1.807, 2.05) is 35.1 Å². The lowest BCUT2D eigenvalue weighted by Crippen LogP contribution is -2.40. The maximum absolute atomic E-state index is 11.8. The van der Waals surface area contributed by atoms with Gasteiger partial charge in [-0.2, -0.15) is 0 Å². The molecule has 1 amide bonds. The molecule has 6 heteroatoms. The molecule has 0 saturated carbocycles. The molecule has 5 nitrogen and oxygen atoms in total. The highest BCUT2D eigenvalue weighted by Gasteiger charge is 2.19. The largest absolute Gasteiger partial charge is 0.365 e. The first-order valence-electron chi connectivity index (χ1n) is 6.25. The highest BCUT2D eigenvalue weighted by molar-refractivity contribution is 7.90. The van der Waals surface area contributed by atoms with Crippen LogP contribution < -0.4 is 4.72 Å². The van der Waals surface area contributed by atoms with Crippen LogP contribution in [0.25, 0.3) is 0 Å². The van der Waals surface area contributed by atoms with Gasteiger partial charge < -0.3 is 4.74 Å². The maximum atomic E-state index is 11.8. The van der Waals surface area contributed by atoms with E-state index < -0.39 is 22.0 Å². The summed E-state index contributed by atoms with van der Waals surface area (Å²) in [6, 6.07) is 9.22. The monoisotopic (exact) mass is 297 g/mol. The zero-order chi connectivity index (χ0) is 15.0. The lowest BCUT2D eigenvalue weighted by Gasteiger charge is -2.12. The summed E-state index contributed by atoms with van der Waals surface area (Å²) in [4.78, 5) is 11.6. The summed E-state index contributed by atoms with van der Waals surface area (Å²) in [5, 5.41) is 0. The fourth-order valence-electron chi connectivity index (χ4n) is 1.47. The van der Waals surface area contributed by atoms with Gasteiger partial charge in [-0.1, -0.05) is 36.4 Å². The summed E-state index contributed by atoms with van der Waals surface area (Å²) in [6.07, 6.45) is 1.01. The Labute approximate surface area is 119 Å². The number of rotatable bonds is 8. The molecule has 1 atom stereocenters. The van der Waals surface area contributed by atoms with Crippen LogP contribution in [0, 0.1) is 0 Å². The highest BCUT2D eigenvalue weighted by Crippen LogP contribution is 2.02. The second-order valence-electron chi connectivity index (χ2n) is 4.29. The van der Waals surface area contributed by atoms with Crippen LogP contribution in [0.1, 0.15) is 12.5 Å². The zero-order valence-corrected chi connectivity index (χ0v) is 12.2. The van der Waals surface area contributed by atoms with Crippen molar-refractivity contribution in [2.24, 2.45) is 0 Å². The second kappa shape index (κ2) is 7.81. The topological polar surface area (TPSA) is 72.5 Å². The van der Waals surface area contributed by atoms with Gasteiger partial charge in [-0.3, -0.25) is 9.52 Å². The Bertz CT molecular complexity index is 540. The van der Waals surface area contributed by atoms with Crippen LogP contribution in [-0.2, 0) is 26.0 Å². The van der Waals surface area contributed by atoms with Crippen molar-refractivity contribution in [1.82, 2.24) is 4.72 Å². The molecule has 1 aromatic carbocycles. The molecule has 20 heavy (non-hydrogen) atoms. The van der Waals surface area contributed by atoms with Crippen molar-refractivity contribution in [3.63, 3.8) is 0 Å². The smallest absolute Gasteiger partial charge is 0.262 e. The molecule has 0 saturated heterocycles. The van der Waals surface area contributed by atoms with Crippen LogP contribution in [0.2, 0.25) is 0 Å². The quantitative estimate of drug-likeness (QED) is 0.733. The maximum Gasteiger partial charge on any atom is 0.262 e. The number of ether oxygens (including phenoxy) is 1. The van der Waals surface area contributed by atoms with Crippen molar-refractivity contribution in [1.29, 1.82) is 0 Å². The average molecular weight is 297 g/mol. The van der Waals surface area contributed by atoms with Crippen LogP contribution in [-0.4, -0.2) is 32.8 Å². The van der Waals surface area contributed by atoms with E-state index in [9.17, 15) is 13.2 Å². The third-order valence-electron chi connectivity index (χ3n) is 2.59. The molecule has 0 aliphatic rings. The summed E-state index contributed by atoms with van der Waals surface area (Å²) >= 11 is 0. The molecule has 0 heterocycles. The van der Waals surface area contributed by atoms with Crippen LogP contribution in [0.3, 0.4) is 0 Å². The minimum Gasteiger partial charge on any atom is -0.365 e. The van der Waals surface area contributed by atoms with E-state index in [4.69, 9.17) is 4.74 Å². The molecule has 0 unspecified atom stereocenters. The number of amides is 1. The van der Waals surface area contributed by atoms with E-state index in [1.54, 1.807) is 0 Å². The standard InChI is InChI=1S/C14H19NO4S/c1-3-10-19-12(2)14(16)15-20(17,18)11-9-13-7-5-4-6-8-13/h3-8,12H,1,9-11H2,2H3,(H,15,16)/t12-/m0/s1. The first-order chi connectivity index (χ1) is 9.44. The Morgan fingerprint density at radius 2 is 2.05 bits per heavy atom. The first kappa shape index (κ1) is 16.4. The summed E-state index contributed by atoms with van der Waals surface area (Å²) in [7, 11) is -3.65. The molecule has 0 bridgehead atoms. The predicted molar refractivity (Wildman–Crippen MR) is 77.7 cm³/mol. The number of sulfonamides is 1. The fourth-order valence-corrected chi connectivity index (χ4v) is 2.55. The number of carbonyl (C=O) groups is 1. The van der Waals surface area contributed by atoms with Crippen LogP contribution in [0.5, 0.6) is 0 Å². The van der Waals surface area contributed by atoms with Crippen LogP contribution >= 0.6 is 0 Å². The Kier molecular flexibility index (Phi) is 6.41. The molecule has 0 spiro atoms. The first-order valence-corrected chi connectivity index (χ1v) is 7.90. The van der Waals surface area contributed by atoms with Crippen molar-refractivity contribution in [3.05, 3.63) is 48.6 Å². The predicted octanol–water partition coefficient (Wildman–Crippen LogP) is 1.27. The number of aryl methyl sites for hydroxylation is 1. The number of benzene rings is 1. The highest BCUT2D eigenvalue weighted by atomic mass is 32.2. The molecule has 0 radical (unpaired) electrons. The summed E-state index contributed by atoms with van der Waals surface area (Å²) in [5.74, 6) is -0.809. The molecule has 1 rings (SSSR count). The van der Waals surface area contributed by atoms with Crippen molar-refractivity contribution in [3.8, 4) is 0 Å². The Morgan fingerprint density at radius 3 is 2.65 bits per heavy atom. The molecular formula is C14H19NO4S. The third kappa shape index (κ3) is 5.99. The van der Waals surface area contributed by atoms with Gasteiger partial charge in [-0.05, 0) is 18.9 Å². The van der Waals surface area contributed by atoms with Crippen LogP contribution in [0.15, 0.2) is 43.0 Å². The van der Waals surface area contributed by atoms with Gasteiger partial charge in [0.05, 0.1) is 12.4 Å². The van der Waals surface area contributed by atoms with Crippen molar-refractivity contribution >= 4 is 15.9 Å². The minimum atomic E-state index is -3.65. The lowest BCUT2D eigenvalue weighted by atomic mass is 10.2. The summed E-state index contributed by atoms with van der Waals surface area (Å²) < 4.78 is 30.6. The average Bonchev–Trinajstić information content (AvgIpc) is 2.43. The molecule has 0 aliphatic heterocycles. The molecule has 0 aliphatic carbocycles. The van der Waals surface area contributed by atoms with Gasteiger partial charge in [-0.25, -0.2) is 8.42 Å². The number of nitrogens with one attached hydrogen (secondary N) is 1. The van der Waals surface area contributed by atoms with Gasteiger partial charge in [0.25, 0.3) is 5.91 Å². The molecular weight excluding hydrogens is 278 g/mol. The molecule has 0 aromatic heterocycles. The Morgan fingerprint density at radius 1 is 1.40 bits per heavy atom. The normalized spacial score (nSPS) is 12.7. The summed E-state index contributed by atoms with van der Waals surface area (Å²) in [5.41, 5.74) is 0.904. The molecule has 110 valence electrons. The minimum absolute atomic E-state index is 0.142. The van der Waals surface area contributed by atoms with Gasteiger partial charge in [-0.15, -0.1) is 6.58 Å². The van der Waals surface area contributed by atoms with E-state index >= 15 is 0 Å². The Hall–Kier alpha value is -1.66. The van der Waals surface area contributed by atoms with Crippen molar-refractivity contribution < 1.29 is 17.9 Å². The van der Waals surface area contributed by atoms with Crippen LogP contribution in [0.4, 0.5) is 0 Å². The lowest BCUT2D eigenvalue weighted by molar-refractivity contribution is -0.129. The van der Waals surface area contributed by atoms with E-state index in [-0.39, 0.29) is 12.4 Å². The molecule has 1 N–H and O–H groups in total.